The smallest absolute Gasteiger partial charge is 0.135 e. The summed E-state index contributed by atoms with van der Waals surface area (Å²) in [5.74, 6) is 1.80. The van der Waals surface area contributed by atoms with Gasteiger partial charge in [0.2, 0.25) is 0 Å². The van der Waals surface area contributed by atoms with Crippen molar-refractivity contribution in [3.05, 3.63) is 0 Å². The van der Waals surface area contributed by atoms with Crippen LogP contribution in [0.1, 0.15) is 91.4 Å². The summed E-state index contributed by atoms with van der Waals surface area (Å²) in [5.41, 5.74) is 0. The van der Waals surface area contributed by atoms with E-state index in [1.165, 1.54) is 84.1 Å². The third-order valence-corrected chi connectivity index (χ3v) is 5.62. The van der Waals surface area contributed by atoms with E-state index in [-0.39, 0.29) is 0 Å². The molecular weight excluding hydrogens is 308 g/mol. The van der Waals surface area contributed by atoms with Gasteiger partial charge in [-0.3, -0.25) is 4.79 Å². The number of nitrogens with one attached hydrogen (secondary N) is 1. The topological polar surface area (TPSA) is 32.3 Å². The standard InChI is InChI=1S/C13H28N2.C9H16O/c1-13(2)7-5-3-4-6-10-15-11-8-14-9-12-15;1-2-9(10)8-6-4-3-5-7-8/h13-14H,3-12H2,1-2H3;8H,2-7H2,1H3. The highest BCUT2D eigenvalue weighted by atomic mass is 16.1. The molecular formula is C22H44N2O. The molecule has 3 heteroatoms. The van der Waals surface area contributed by atoms with Crippen LogP contribution in [0.15, 0.2) is 0 Å². The summed E-state index contributed by atoms with van der Waals surface area (Å²) in [5, 5.41) is 3.40. The van der Waals surface area contributed by atoms with Crippen molar-refractivity contribution in [3.8, 4) is 0 Å². The minimum absolute atomic E-state index is 0.429. The molecule has 2 rings (SSSR count). The summed E-state index contributed by atoms with van der Waals surface area (Å²) in [6, 6.07) is 0. The zero-order valence-corrected chi connectivity index (χ0v) is 17.3. The number of carbonyl (C=O) groups is 1. The zero-order valence-electron chi connectivity index (χ0n) is 17.3. The van der Waals surface area contributed by atoms with Gasteiger partial charge in [0, 0.05) is 38.5 Å². The van der Waals surface area contributed by atoms with E-state index in [9.17, 15) is 4.79 Å². The summed E-state index contributed by atoms with van der Waals surface area (Å²) in [6.45, 7) is 12.8. The molecule has 0 atom stereocenters. The first-order chi connectivity index (χ1) is 12.1. The molecule has 0 aromatic rings. The number of Topliss-reactive ketones (excluding diaryl/α,β-unsaturated/α-hetero) is 1. The summed E-state index contributed by atoms with van der Waals surface area (Å²) in [6.07, 6.45) is 14.1. The predicted octanol–water partition coefficient (Wildman–Crippen LogP) is 5.04. The van der Waals surface area contributed by atoms with Gasteiger partial charge < -0.3 is 10.2 Å². The Labute approximate surface area is 157 Å². The van der Waals surface area contributed by atoms with E-state index < -0.39 is 0 Å². The molecule has 0 radical (unpaired) electrons. The molecule has 0 unspecified atom stereocenters. The van der Waals surface area contributed by atoms with Crippen molar-refractivity contribution >= 4 is 5.78 Å². The maximum atomic E-state index is 11.2. The Morgan fingerprint density at radius 2 is 1.64 bits per heavy atom. The van der Waals surface area contributed by atoms with Crippen LogP contribution in [0.3, 0.4) is 0 Å². The fraction of sp³-hybridized carbons (Fsp3) is 0.955. The fourth-order valence-corrected chi connectivity index (χ4v) is 3.89. The van der Waals surface area contributed by atoms with Crippen LogP contribution in [0.5, 0.6) is 0 Å². The van der Waals surface area contributed by atoms with Gasteiger partial charge in [-0.1, -0.05) is 65.7 Å². The number of hydrogen-bond acceptors (Lipinski definition) is 3. The molecule has 1 aliphatic heterocycles. The fourth-order valence-electron chi connectivity index (χ4n) is 3.89. The van der Waals surface area contributed by atoms with Gasteiger partial charge in [0.05, 0.1) is 0 Å². The Bertz CT molecular complexity index is 318. The third-order valence-electron chi connectivity index (χ3n) is 5.62. The highest BCUT2D eigenvalue weighted by molar-refractivity contribution is 5.80. The average Bonchev–Trinajstić information content (AvgIpc) is 2.66. The minimum atomic E-state index is 0.429. The van der Waals surface area contributed by atoms with Crippen molar-refractivity contribution in [2.24, 2.45) is 11.8 Å². The number of nitrogens with zero attached hydrogens (tertiary/aromatic N) is 1. The molecule has 1 heterocycles. The van der Waals surface area contributed by atoms with Crippen LogP contribution in [0, 0.1) is 11.8 Å². The Morgan fingerprint density at radius 3 is 2.24 bits per heavy atom. The number of rotatable bonds is 9. The lowest BCUT2D eigenvalue weighted by molar-refractivity contribution is -0.123. The quantitative estimate of drug-likeness (QED) is 0.590. The van der Waals surface area contributed by atoms with E-state index in [4.69, 9.17) is 0 Å². The highest BCUT2D eigenvalue weighted by Gasteiger charge is 2.18. The van der Waals surface area contributed by atoms with E-state index in [0.717, 1.165) is 25.2 Å². The Balaban J connectivity index is 0.000000271. The SMILES string of the molecule is CC(C)CCCCCCN1CCNCC1.CCC(=O)C1CCCCC1. The molecule has 25 heavy (non-hydrogen) atoms. The minimum Gasteiger partial charge on any atom is -0.314 e. The Kier molecular flexibility index (Phi) is 13.3. The van der Waals surface area contributed by atoms with Crippen LogP contribution in [0.25, 0.3) is 0 Å². The van der Waals surface area contributed by atoms with E-state index >= 15 is 0 Å². The molecule has 2 fully saturated rings. The number of piperazine rings is 1. The molecule has 0 amide bonds. The molecule has 0 bridgehead atoms. The zero-order chi connectivity index (χ0) is 18.3. The van der Waals surface area contributed by atoms with Crippen molar-refractivity contribution < 1.29 is 4.79 Å². The highest BCUT2D eigenvalue weighted by Crippen LogP contribution is 2.24. The van der Waals surface area contributed by atoms with Gasteiger partial charge in [-0.05, 0) is 31.7 Å². The van der Waals surface area contributed by atoms with E-state index in [1.54, 1.807) is 0 Å². The van der Waals surface area contributed by atoms with E-state index in [2.05, 4.69) is 24.1 Å². The van der Waals surface area contributed by atoms with Crippen molar-refractivity contribution in [1.29, 1.82) is 0 Å². The second kappa shape index (κ2) is 14.7. The van der Waals surface area contributed by atoms with E-state index in [1.807, 2.05) is 6.92 Å². The maximum absolute atomic E-state index is 11.2. The van der Waals surface area contributed by atoms with Gasteiger partial charge in [-0.25, -0.2) is 0 Å². The first kappa shape index (κ1) is 22.6. The summed E-state index contributed by atoms with van der Waals surface area (Å²) in [7, 11) is 0. The van der Waals surface area contributed by atoms with Gasteiger partial charge in [-0.2, -0.15) is 0 Å². The van der Waals surface area contributed by atoms with Gasteiger partial charge >= 0.3 is 0 Å². The summed E-state index contributed by atoms with van der Waals surface area (Å²) >= 11 is 0. The lowest BCUT2D eigenvalue weighted by Gasteiger charge is -2.27. The van der Waals surface area contributed by atoms with Crippen LogP contribution < -0.4 is 5.32 Å². The summed E-state index contributed by atoms with van der Waals surface area (Å²) in [4.78, 5) is 13.8. The van der Waals surface area contributed by atoms with Crippen molar-refractivity contribution in [2.45, 2.75) is 91.4 Å². The second-order valence-electron chi connectivity index (χ2n) is 8.34. The van der Waals surface area contributed by atoms with Crippen LogP contribution in [-0.4, -0.2) is 43.4 Å². The van der Waals surface area contributed by atoms with Crippen LogP contribution in [0.2, 0.25) is 0 Å². The van der Waals surface area contributed by atoms with Crippen LogP contribution >= 0.6 is 0 Å². The molecule has 0 aromatic carbocycles. The predicted molar refractivity (Wildman–Crippen MR) is 109 cm³/mol. The van der Waals surface area contributed by atoms with E-state index in [0.29, 0.717) is 11.7 Å². The first-order valence-electron chi connectivity index (χ1n) is 11.1. The molecule has 1 N–H and O–H groups in total. The molecule has 2 aliphatic rings. The number of ketones is 1. The molecule has 0 spiro atoms. The Hall–Kier alpha value is -0.410. The number of hydrogen-bond donors (Lipinski definition) is 1. The molecule has 1 saturated carbocycles. The molecule has 1 saturated heterocycles. The summed E-state index contributed by atoms with van der Waals surface area (Å²) < 4.78 is 0. The monoisotopic (exact) mass is 352 g/mol. The molecule has 148 valence electrons. The molecule has 3 nitrogen and oxygen atoms in total. The average molecular weight is 353 g/mol. The lowest BCUT2D eigenvalue weighted by Crippen LogP contribution is -2.43. The van der Waals surface area contributed by atoms with Crippen molar-refractivity contribution in [2.75, 3.05) is 32.7 Å². The number of unbranched alkanes of at least 4 members (excludes halogenated alkanes) is 3. The largest absolute Gasteiger partial charge is 0.314 e. The third kappa shape index (κ3) is 11.8. The van der Waals surface area contributed by atoms with Gasteiger partial charge in [-0.15, -0.1) is 0 Å². The lowest BCUT2D eigenvalue weighted by atomic mass is 9.85. The maximum Gasteiger partial charge on any atom is 0.135 e. The molecule has 0 aromatic heterocycles. The van der Waals surface area contributed by atoms with Crippen LogP contribution in [0.4, 0.5) is 0 Å². The number of carbonyl (C=O) groups excluding carboxylic acids is 1. The van der Waals surface area contributed by atoms with Gasteiger partial charge in [0.1, 0.15) is 5.78 Å². The first-order valence-corrected chi connectivity index (χ1v) is 11.1. The molecule has 1 aliphatic carbocycles. The van der Waals surface area contributed by atoms with Gasteiger partial charge in [0.25, 0.3) is 0 Å². The van der Waals surface area contributed by atoms with Crippen molar-refractivity contribution in [1.82, 2.24) is 10.2 Å². The normalized spacial score (nSPS) is 19.5. The van der Waals surface area contributed by atoms with Crippen molar-refractivity contribution in [3.63, 3.8) is 0 Å². The second-order valence-corrected chi connectivity index (χ2v) is 8.34. The van der Waals surface area contributed by atoms with Crippen LogP contribution in [-0.2, 0) is 4.79 Å². The Morgan fingerprint density at radius 1 is 1.00 bits per heavy atom. The van der Waals surface area contributed by atoms with Gasteiger partial charge in [0.15, 0.2) is 0 Å².